The summed E-state index contributed by atoms with van der Waals surface area (Å²) in [5.41, 5.74) is 13.1. The smallest absolute Gasteiger partial charge is 0.0537 e. The van der Waals surface area contributed by atoms with Crippen molar-refractivity contribution in [2.75, 3.05) is 5.88 Å². The molecule has 0 fully saturated rings. The Hall–Kier alpha value is -2.62. The molecule has 0 aliphatic carbocycles. The number of allylic oxidation sites excluding steroid dienone is 1. The first kappa shape index (κ1) is 22.1. The predicted molar refractivity (Wildman–Crippen MR) is 133 cm³/mol. The summed E-state index contributed by atoms with van der Waals surface area (Å²) in [7, 11) is 0. The fraction of sp³-hybridized carbons (Fsp3) is 0.222. The third-order valence-corrected chi connectivity index (χ3v) is 5.89. The Kier molecular flexibility index (Phi) is 8.49. The molecular formula is C27H30N2S. The lowest BCUT2D eigenvalue weighted by molar-refractivity contribution is 0.779. The van der Waals surface area contributed by atoms with Gasteiger partial charge in [-0.15, -0.1) is 11.8 Å². The largest absolute Gasteiger partial charge is 0.322 e. The van der Waals surface area contributed by atoms with Gasteiger partial charge in [0, 0.05) is 11.8 Å². The molecule has 0 radical (unpaired) electrons. The SMILES string of the molecule is C=N/C(=C\SCN)C(Cc1ccccc1-c1ccccc1)c1ccc(CCC)cc1. The van der Waals surface area contributed by atoms with Gasteiger partial charge in [0.1, 0.15) is 0 Å². The summed E-state index contributed by atoms with van der Waals surface area (Å²) in [6, 6.07) is 28.2. The minimum atomic E-state index is 0.127. The summed E-state index contributed by atoms with van der Waals surface area (Å²) in [4.78, 5) is 4.39. The Morgan fingerprint density at radius 2 is 1.70 bits per heavy atom. The number of hydrogen-bond donors (Lipinski definition) is 1. The van der Waals surface area contributed by atoms with Gasteiger partial charge in [0.25, 0.3) is 0 Å². The van der Waals surface area contributed by atoms with Crippen molar-refractivity contribution in [1.29, 1.82) is 0 Å². The average molecular weight is 415 g/mol. The number of aliphatic imine (C=N–C) groups is 1. The Balaban J connectivity index is 2.00. The van der Waals surface area contributed by atoms with Crippen molar-refractivity contribution in [3.05, 3.63) is 107 Å². The van der Waals surface area contributed by atoms with E-state index < -0.39 is 0 Å². The van der Waals surface area contributed by atoms with Gasteiger partial charge in [0.05, 0.1) is 5.70 Å². The van der Waals surface area contributed by atoms with Gasteiger partial charge in [-0.2, -0.15) is 0 Å². The molecule has 3 aromatic carbocycles. The quantitative estimate of drug-likeness (QED) is 0.292. The van der Waals surface area contributed by atoms with Crippen LogP contribution in [0.3, 0.4) is 0 Å². The predicted octanol–water partition coefficient (Wildman–Crippen LogP) is 6.82. The monoisotopic (exact) mass is 414 g/mol. The zero-order valence-electron chi connectivity index (χ0n) is 17.6. The second-order valence-corrected chi connectivity index (χ2v) is 8.21. The van der Waals surface area contributed by atoms with Crippen LogP contribution < -0.4 is 5.73 Å². The fourth-order valence-electron chi connectivity index (χ4n) is 3.78. The molecule has 1 atom stereocenters. The highest BCUT2D eigenvalue weighted by Crippen LogP contribution is 2.34. The Labute approximate surface area is 184 Å². The van der Waals surface area contributed by atoms with Crippen LogP contribution in [-0.2, 0) is 12.8 Å². The lowest BCUT2D eigenvalue weighted by Crippen LogP contribution is -2.07. The van der Waals surface area contributed by atoms with Crippen molar-refractivity contribution < 1.29 is 0 Å². The Morgan fingerprint density at radius 1 is 1.00 bits per heavy atom. The van der Waals surface area contributed by atoms with Crippen LogP contribution in [0.2, 0.25) is 0 Å². The minimum Gasteiger partial charge on any atom is -0.322 e. The van der Waals surface area contributed by atoms with E-state index in [4.69, 9.17) is 5.73 Å². The highest BCUT2D eigenvalue weighted by Gasteiger charge is 2.19. The zero-order valence-corrected chi connectivity index (χ0v) is 18.4. The van der Waals surface area contributed by atoms with Crippen molar-refractivity contribution >= 4 is 18.5 Å². The van der Waals surface area contributed by atoms with E-state index in [1.54, 1.807) is 11.8 Å². The number of benzene rings is 3. The van der Waals surface area contributed by atoms with Gasteiger partial charge in [0.15, 0.2) is 0 Å². The third kappa shape index (κ3) is 5.71. The molecule has 0 aliphatic heterocycles. The van der Waals surface area contributed by atoms with Gasteiger partial charge in [-0.05, 0) is 52.8 Å². The first-order valence-electron chi connectivity index (χ1n) is 10.5. The highest BCUT2D eigenvalue weighted by molar-refractivity contribution is 8.02. The number of nitrogens with two attached hydrogens (primary N) is 1. The minimum absolute atomic E-state index is 0.127. The number of thioether (sulfide) groups is 1. The topological polar surface area (TPSA) is 38.4 Å². The van der Waals surface area contributed by atoms with E-state index in [1.165, 1.54) is 27.8 Å². The third-order valence-electron chi connectivity index (χ3n) is 5.29. The average Bonchev–Trinajstić information content (AvgIpc) is 2.80. The molecular weight excluding hydrogens is 384 g/mol. The van der Waals surface area contributed by atoms with Gasteiger partial charge >= 0.3 is 0 Å². The van der Waals surface area contributed by atoms with Crippen molar-refractivity contribution in [2.24, 2.45) is 10.7 Å². The number of nitrogens with zero attached hydrogens (tertiary/aromatic N) is 1. The molecule has 0 aromatic heterocycles. The molecule has 3 aromatic rings. The fourth-order valence-corrected chi connectivity index (χ4v) is 4.28. The zero-order chi connectivity index (χ0) is 21.2. The van der Waals surface area contributed by atoms with E-state index in [-0.39, 0.29) is 5.92 Å². The van der Waals surface area contributed by atoms with Gasteiger partial charge < -0.3 is 5.73 Å². The first-order chi connectivity index (χ1) is 14.8. The van der Waals surface area contributed by atoms with Crippen LogP contribution in [0.25, 0.3) is 11.1 Å². The lowest BCUT2D eigenvalue weighted by Gasteiger charge is -2.21. The molecule has 0 aliphatic rings. The van der Waals surface area contributed by atoms with E-state index in [2.05, 4.69) is 103 Å². The summed E-state index contributed by atoms with van der Waals surface area (Å²) < 4.78 is 0. The van der Waals surface area contributed by atoms with Crippen molar-refractivity contribution in [3.63, 3.8) is 0 Å². The van der Waals surface area contributed by atoms with Crippen LogP contribution >= 0.6 is 11.8 Å². The summed E-state index contributed by atoms with van der Waals surface area (Å²) in [6.07, 6.45) is 3.11. The molecule has 30 heavy (non-hydrogen) atoms. The highest BCUT2D eigenvalue weighted by atomic mass is 32.2. The number of aryl methyl sites for hydroxylation is 1. The molecule has 0 bridgehead atoms. The van der Waals surface area contributed by atoms with Crippen LogP contribution in [0, 0.1) is 0 Å². The maximum Gasteiger partial charge on any atom is 0.0537 e. The summed E-state index contributed by atoms with van der Waals surface area (Å²) >= 11 is 1.57. The molecule has 1 unspecified atom stereocenters. The maximum atomic E-state index is 5.73. The van der Waals surface area contributed by atoms with E-state index in [0.717, 1.165) is 25.0 Å². The second-order valence-electron chi connectivity index (χ2n) is 7.31. The molecule has 2 nitrogen and oxygen atoms in total. The molecule has 0 heterocycles. The van der Waals surface area contributed by atoms with Gasteiger partial charge in [0.2, 0.25) is 0 Å². The molecule has 0 saturated heterocycles. The van der Waals surface area contributed by atoms with Crippen LogP contribution in [0.5, 0.6) is 0 Å². The van der Waals surface area contributed by atoms with Crippen LogP contribution in [-0.4, -0.2) is 12.6 Å². The first-order valence-corrected chi connectivity index (χ1v) is 11.5. The molecule has 0 saturated carbocycles. The standard InChI is InChI=1S/C27H30N2S/c1-3-9-21-14-16-23(17-15-21)26(27(29-2)19-30-20-28)18-24-12-7-8-13-25(24)22-10-5-4-6-11-22/h4-8,10-17,19,26H,2-3,9,18,20,28H2,1H3/b27-19-. The molecule has 154 valence electrons. The van der Waals surface area contributed by atoms with E-state index in [1.807, 2.05) is 0 Å². The second kappa shape index (κ2) is 11.5. The lowest BCUT2D eigenvalue weighted by atomic mass is 9.86. The van der Waals surface area contributed by atoms with Gasteiger partial charge in [-0.1, -0.05) is 92.2 Å². The van der Waals surface area contributed by atoms with Gasteiger partial charge in [-0.25, -0.2) is 0 Å². The normalized spacial score (nSPS) is 12.5. The number of rotatable bonds is 10. The molecule has 2 N–H and O–H groups in total. The van der Waals surface area contributed by atoms with Crippen molar-refractivity contribution in [3.8, 4) is 11.1 Å². The van der Waals surface area contributed by atoms with Crippen molar-refractivity contribution in [1.82, 2.24) is 0 Å². The Bertz CT molecular complexity index is 962. The molecule has 0 spiro atoms. The summed E-state index contributed by atoms with van der Waals surface area (Å²) in [5, 5.41) is 2.06. The summed E-state index contributed by atoms with van der Waals surface area (Å²) in [6.45, 7) is 6.07. The summed E-state index contributed by atoms with van der Waals surface area (Å²) in [5.74, 6) is 0.656. The maximum absolute atomic E-state index is 5.73. The number of hydrogen-bond acceptors (Lipinski definition) is 3. The Morgan fingerprint density at radius 3 is 2.37 bits per heavy atom. The van der Waals surface area contributed by atoms with E-state index >= 15 is 0 Å². The van der Waals surface area contributed by atoms with Crippen LogP contribution in [0.15, 0.2) is 95.0 Å². The van der Waals surface area contributed by atoms with Crippen LogP contribution in [0.4, 0.5) is 0 Å². The molecule has 0 amide bonds. The van der Waals surface area contributed by atoms with Gasteiger partial charge in [-0.3, -0.25) is 4.99 Å². The molecule has 3 rings (SSSR count). The van der Waals surface area contributed by atoms with Crippen LogP contribution in [0.1, 0.15) is 36.0 Å². The molecule has 3 heteroatoms. The van der Waals surface area contributed by atoms with E-state index in [9.17, 15) is 0 Å². The van der Waals surface area contributed by atoms with Crippen molar-refractivity contribution in [2.45, 2.75) is 32.1 Å². The van der Waals surface area contributed by atoms with E-state index in [0.29, 0.717) is 5.88 Å².